The summed E-state index contributed by atoms with van der Waals surface area (Å²) in [5, 5.41) is 12.2. The number of rotatable bonds is 6. The summed E-state index contributed by atoms with van der Waals surface area (Å²) >= 11 is 2.67. The number of allylic oxidation sites excluding steroid dienone is 1. The van der Waals surface area contributed by atoms with Crippen LogP contribution >= 0.6 is 23.1 Å². The third-order valence-electron chi connectivity index (χ3n) is 4.52. The molecule has 2 atom stereocenters. The van der Waals surface area contributed by atoms with Crippen LogP contribution in [0.1, 0.15) is 35.0 Å². The number of nitriles is 1. The molecule has 4 nitrogen and oxygen atoms in total. The maximum atomic E-state index is 13.0. The van der Waals surface area contributed by atoms with Crippen molar-refractivity contribution in [3.05, 3.63) is 68.6 Å². The first-order valence-corrected chi connectivity index (χ1v) is 10.4. The minimum atomic E-state index is -0.481. The molecule has 7 heteroatoms. The summed E-state index contributed by atoms with van der Waals surface area (Å²) in [6.45, 7) is 3.29. The summed E-state index contributed by atoms with van der Waals surface area (Å²) in [7, 11) is 0. The van der Waals surface area contributed by atoms with Gasteiger partial charge in [-0.2, -0.15) is 5.26 Å². The van der Waals surface area contributed by atoms with Crippen LogP contribution in [0.3, 0.4) is 0 Å². The number of thioether (sulfide) groups is 1. The number of hydrogen-bond donors (Lipinski definition) is 0. The van der Waals surface area contributed by atoms with E-state index in [1.54, 1.807) is 6.92 Å². The molecule has 0 aliphatic carbocycles. The normalized spacial score (nSPS) is 19.1. The van der Waals surface area contributed by atoms with Gasteiger partial charge in [0.1, 0.15) is 16.6 Å². The van der Waals surface area contributed by atoms with Crippen molar-refractivity contribution in [1.29, 1.82) is 5.26 Å². The van der Waals surface area contributed by atoms with Crippen LogP contribution in [-0.4, -0.2) is 23.0 Å². The number of halogens is 1. The van der Waals surface area contributed by atoms with E-state index in [2.05, 4.69) is 11.1 Å². The molecule has 0 saturated heterocycles. The largest absolute Gasteiger partial charge is 0.299 e. The fourth-order valence-electron chi connectivity index (χ4n) is 3.21. The van der Waals surface area contributed by atoms with Gasteiger partial charge in [-0.3, -0.25) is 9.59 Å². The van der Waals surface area contributed by atoms with Crippen LogP contribution in [-0.2, 0) is 4.79 Å². The number of hydrogen-bond acceptors (Lipinski definition) is 6. The second kappa shape index (κ2) is 8.63. The number of ketones is 2. The van der Waals surface area contributed by atoms with Crippen LogP contribution in [0.5, 0.6) is 0 Å². The Hall–Kier alpha value is -2.56. The summed E-state index contributed by atoms with van der Waals surface area (Å²) in [5.41, 5.74) is 1.45. The lowest BCUT2D eigenvalue weighted by atomic mass is 9.79. The van der Waals surface area contributed by atoms with E-state index < -0.39 is 11.7 Å². The van der Waals surface area contributed by atoms with Gasteiger partial charge < -0.3 is 0 Å². The van der Waals surface area contributed by atoms with Gasteiger partial charge >= 0.3 is 0 Å². The zero-order chi connectivity index (χ0) is 20.3. The summed E-state index contributed by atoms with van der Waals surface area (Å²) in [6.07, 6.45) is 0. The molecular weight excluding hydrogens is 395 g/mol. The molecule has 0 spiro atoms. The highest BCUT2D eigenvalue weighted by molar-refractivity contribution is 8.03. The number of carbonyl (C=O) groups excluding carboxylic acids is 2. The highest BCUT2D eigenvalue weighted by Crippen LogP contribution is 2.43. The van der Waals surface area contributed by atoms with Gasteiger partial charge in [-0.05, 0) is 49.6 Å². The van der Waals surface area contributed by atoms with Gasteiger partial charge in [0.2, 0.25) is 0 Å². The van der Waals surface area contributed by atoms with Crippen LogP contribution in [0.25, 0.3) is 0 Å². The molecule has 0 amide bonds. The Morgan fingerprint density at radius 1 is 1.29 bits per heavy atom. The number of benzene rings is 1. The monoisotopic (exact) mass is 412 g/mol. The minimum absolute atomic E-state index is 0.0427. The molecule has 142 valence electrons. The SMILES string of the molecule is CC(=O)C1C(C)=NC(SCC(=O)c2ccc(F)cc2)=C(C#N)[C@H]1c1cccs1. The second-order valence-corrected chi connectivity index (χ2v) is 8.33. The van der Waals surface area contributed by atoms with Gasteiger partial charge in [-0.15, -0.1) is 11.3 Å². The molecule has 1 aromatic heterocycles. The van der Waals surface area contributed by atoms with E-state index in [0.29, 0.717) is 21.9 Å². The zero-order valence-corrected chi connectivity index (χ0v) is 16.9. The predicted molar refractivity (Wildman–Crippen MR) is 110 cm³/mol. The molecule has 0 fully saturated rings. The first kappa shape index (κ1) is 20.2. The van der Waals surface area contributed by atoms with E-state index in [9.17, 15) is 19.2 Å². The number of Topliss-reactive ketones (excluding diaryl/α,β-unsaturated/α-hetero) is 2. The van der Waals surface area contributed by atoms with Crippen molar-refractivity contribution in [3.8, 4) is 6.07 Å². The summed E-state index contributed by atoms with van der Waals surface area (Å²) in [6, 6.07) is 11.4. The Morgan fingerprint density at radius 2 is 2.00 bits per heavy atom. The van der Waals surface area contributed by atoms with Crippen molar-refractivity contribution in [1.82, 2.24) is 0 Å². The summed E-state index contributed by atoms with van der Waals surface area (Å²) < 4.78 is 13.0. The zero-order valence-electron chi connectivity index (χ0n) is 15.3. The first-order chi connectivity index (χ1) is 13.4. The van der Waals surface area contributed by atoms with Gasteiger partial charge in [0.15, 0.2) is 5.78 Å². The Labute approximate surface area is 170 Å². The predicted octanol–water partition coefficient (Wildman–Crippen LogP) is 5.00. The number of nitrogens with zero attached hydrogens (tertiary/aromatic N) is 2. The maximum Gasteiger partial charge on any atom is 0.173 e. The van der Waals surface area contributed by atoms with E-state index in [4.69, 9.17) is 0 Å². The fourth-order valence-corrected chi connectivity index (χ4v) is 5.06. The Bertz CT molecular complexity index is 1000. The van der Waals surface area contributed by atoms with Crippen molar-refractivity contribution in [2.24, 2.45) is 10.9 Å². The van der Waals surface area contributed by atoms with E-state index in [1.807, 2.05) is 17.5 Å². The van der Waals surface area contributed by atoms with Gasteiger partial charge in [-0.1, -0.05) is 17.8 Å². The Kier molecular flexibility index (Phi) is 6.22. The average Bonchev–Trinajstić information content (AvgIpc) is 3.20. The van der Waals surface area contributed by atoms with Gasteiger partial charge in [0.05, 0.1) is 23.3 Å². The van der Waals surface area contributed by atoms with Crippen LogP contribution in [0.15, 0.2) is 57.4 Å². The van der Waals surface area contributed by atoms with Gasteiger partial charge in [0.25, 0.3) is 0 Å². The molecule has 0 N–H and O–H groups in total. The van der Waals surface area contributed by atoms with E-state index >= 15 is 0 Å². The quantitative estimate of drug-likeness (QED) is 0.626. The van der Waals surface area contributed by atoms with Crippen molar-refractivity contribution in [2.45, 2.75) is 19.8 Å². The smallest absolute Gasteiger partial charge is 0.173 e. The van der Waals surface area contributed by atoms with E-state index in [-0.39, 0.29) is 23.2 Å². The second-order valence-electron chi connectivity index (χ2n) is 6.38. The maximum absolute atomic E-state index is 13.0. The lowest BCUT2D eigenvalue weighted by Gasteiger charge is -2.29. The van der Waals surface area contributed by atoms with Crippen molar-refractivity contribution >= 4 is 40.4 Å². The van der Waals surface area contributed by atoms with Crippen molar-refractivity contribution in [3.63, 3.8) is 0 Å². The van der Waals surface area contributed by atoms with Crippen LogP contribution < -0.4 is 0 Å². The summed E-state index contributed by atoms with van der Waals surface area (Å²) in [4.78, 5) is 30.1. The van der Waals surface area contributed by atoms with Crippen LogP contribution in [0, 0.1) is 23.1 Å². The molecule has 0 radical (unpaired) electrons. The molecule has 28 heavy (non-hydrogen) atoms. The van der Waals surface area contributed by atoms with E-state index in [1.165, 1.54) is 54.3 Å². The molecule has 0 bridgehead atoms. The van der Waals surface area contributed by atoms with Crippen LogP contribution in [0.4, 0.5) is 4.39 Å². The average molecular weight is 413 g/mol. The Morgan fingerprint density at radius 3 is 2.57 bits per heavy atom. The van der Waals surface area contributed by atoms with Gasteiger partial charge in [-0.25, -0.2) is 9.38 Å². The van der Waals surface area contributed by atoms with Gasteiger partial charge in [0, 0.05) is 22.1 Å². The highest BCUT2D eigenvalue weighted by atomic mass is 32.2. The molecule has 1 aliphatic heterocycles. The molecule has 3 rings (SSSR count). The van der Waals surface area contributed by atoms with E-state index in [0.717, 1.165) is 4.88 Å². The molecule has 0 saturated carbocycles. The third-order valence-corrected chi connectivity index (χ3v) is 6.46. The van der Waals surface area contributed by atoms with Crippen molar-refractivity contribution in [2.75, 3.05) is 5.75 Å². The number of carbonyl (C=O) groups is 2. The third kappa shape index (κ3) is 4.13. The lowest BCUT2D eigenvalue weighted by molar-refractivity contribution is -0.119. The minimum Gasteiger partial charge on any atom is -0.299 e. The summed E-state index contributed by atoms with van der Waals surface area (Å²) in [5.74, 6) is -1.41. The topological polar surface area (TPSA) is 70.3 Å². The molecule has 1 aromatic carbocycles. The molecule has 2 aromatic rings. The number of aliphatic imine (C=N–C) groups is 1. The number of thiophene rings is 1. The lowest BCUT2D eigenvalue weighted by Crippen LogP contribution is -2.31. The standard InChI is InChI=1S/C21H17FN2O2S2/c1-12-19(13(2)25)20(18-4-3-9-27-18)16(10-23)21(24-12)28-11-17(26)14-5-7-15(22)8-6-14/h3-9,19-20H,11H2,1-2H3/t19?,20-/m0/s1. The fraction of sp³-hybridized carbons (Fsp3) is 0.238. The molecule has 1 aliphatic rings. The van der Waals surface area contributed by atoms with Crippen LogP contribution in [0.2, 0.25) is 0 Å². The highest BCUT2D eigenvalue weighted by Gasteiger charge is 2.38. The Balaban J connectivity index is 1.91. The molecular formula is C21H17FN2O2S2. The van der Waals surface area contributed by atoms with Crippen molar-refractivity contribution < 1.29 is 14.0 Å². The molecule has 2 heterocycles. The first-order valence-electron chi connectivity index (χ1n) is 8.57. The molecule has 1 unspecified atom stereocenters.